The maximum Gasteiger partial charge on any atom is 0.223 e. The summed E-state index contributed by atoms with van der Waals surface area (Å²) in [6, 6.07) is 0.436. The molecule has 0 aromatic heterocycles. The van der Waals surface area contributed by atoms with E-state index in [1.54, 1.807) is 0 Å². The number of fused-ring (bicyclic) bond motifs is 2. The van der Waals surface area contributed by atoms with Gasteiger partial charge in [0.25, 0.3) is 0 Å². The van der Waals surface area contributed by atoms with Crippen molar-refractivity contribution < 1.29 is 4.79 Å². The van der Waals surface area contributed by atoms with E-state index in [0.717, 1.165) is 18.4 Å². The van der Waals surface area contributed by atoms with Gasteiger partial charge in [-0.1, -0.05) is 6.42 Å². The quantitative estimate of drug-likeness (QED) is 0.840. The van der Waals surface area contributed by atoms with Crippen LogP contribution in [0.15, 0.2) is 0 Å². The number of carbonyl (C=O) groups is 1. The lowest BCUT2D eigenvalue weighted by molar-refractivity contribution is -0.127. The lowest BCUT2D eigenvalue weighted by Gasteiger charge is -2.23. The first-order valence-electron chi connectivity index (χ1n) is 8.30. The molecule has 106 valence electrons. The summed E-state index contributed by atoms with van der Waals surface area (Å²) in [4.78, 5) is 15.0. The summed E-state index contributed by atoms with van der Waals surface area (Å²) in [6.07, 6.45) is 9.22. The summed E-state index contributed by atoms with van der Waals surface area (Å²) in [5.74, 6) is 3.30. The predicted octanol–water partition coefficient (Wildman–Crippen LogP) is 2.02. The van der Waals surface area contributed by atoms with Crippen molar-refractivity contribution in [2.45, 2.75) is 51.0 Å². The van der Waals surface area contributed by atoms with Crippen molar-refractivity contribution in [1.29, 1.82) is 0 Å². The summed E-state index contributed by atoms with van der Waals surface area (Å²) in [6.45, 7) is 3.57. The van der Waals surface area contributed by atoms with E-state index in [1.165, 1.54) is 58.0 Å². The average Bonchev–Trinajstić information content (AvgIpc) is 2.81. The van der Waals surface area contributed by atoms with Crippen LogP contribution in [-0.4, -0.2) is 36.5 Å². The van der Waals surface area contributed by atoms with E-state index in [0.29, 0.717) is 23.8 Å². The molecule has 1 heterocycles. The monoisotopic (exact) mass is 262 g/mol. The van der Waals surface area contributed by atoms with Gasteiger partial charge in [-0.15, -0.1) is 0 Å². The molecule has 3 saturated carbocycles. The second-order valence-electron chi connectivity index (χ2n) is 7.48. The summed E-state index contributed by atoms with van der Waals surface area (Å²) in [7, 11) is 0. The van der Waals surface area contributed by atoms with Crippen molar-refractivity contribution in [2.75, 3.05) is 19.6 Å². The molecule has 3 aliphatic carbocycles. The highest BCUT2D eigenvalue weighted by Crippen LogP contribution is 2.48. The third-order valence-corrected chi connectivity index (χ3v) is 5.91. The molecule has 1 saturated heterocycles. The first kappa shape index (κ1) is 12.2. The molecular weight excluding hydrogens is 236 g/mol. The van der Waals surface area contributed by atoms with E-state index in [9.17, 15) is 4.79 Å². The van der Waals surface area contributed by atoms with Gasteiger partial charge in [0, 0.05) is 31.6 Å². The number of carbonyl (C=O) groups excluding carboxylic acids is 1. The zero-order chi connectivity index (χ0) is 12.8. The Labute approximate surface area is 116 Å². The van der Waals surface area contributed by atoms with Crippen LogP contribution < -0.4 is 5.32 Å². The highest BCUT2D eigenvalue weighted by molar-refractivity contribution is 5.79. The van der Waals surface area contributed by atoms with Crippen LogP contribution in [0, 0.1) is 23.7 Å². The number of nitrogens with zero attached hydrogens (tertiary/aromatic N) is 1. The van der Waals surface area contributed by atoms with Gasteiger partial charge in [0.15, 0.2) is 0 Å². The van der Waals surface area contributed by atoms with Gasteiger partial charge in [0.05, 0.1) is 0 Å². The molecule has 0 aromatic rings. The van der Waals surface area contributed by atoms with Gasteiger partial charge < -0.3 is 10.2 Å². The third-order valence-electron chi connectivity index (χ3n) is 5.91. The normalized spacial score (nSPS) is 41.9. The number of amides is 1. The third kappa shape index (κ3) is 2.54. The Morgan fingerprint density at radius 2 is 2.00 bits per heavy atom. The van der Waals surface area contributed by atoms with Gasteiger partial charge in [-0.2, -0.15) is 0 Å². The molecule has 1 aliphatic heterocycles. The number of nitrogens with one attached hydrogen (secondary N) is 1. The van der Waals surface area contributed by atoms with Crippen LogP contribution in [0.1, 0.15) is 44.9 Å². The van der Waals surface area contributed by atoms with E-state index in [2.05, 4.69) is 10.2 Å². The highest BCUT2D eigenvalue weighted by atomic mass is 16.2. The van der Waals surface area contributed by atoms with Gasteiger partial charge in [0.2, 0.25) is 5.91 Å². The van der Waals surface area contributed by atoms with E-state index >= 15 is 0 Å². The fraction of sp³-hybridized carbons (Fsp3) is 0.938. The lowest BCUT2D eigenvalue weighted by Crippen LogP contribution is -2.42. The molecule has 0 aromatic carbocycles. The molecule has 1 amide bonds. The number of hydrogen-bond acceptors (Lipinski definition) is 2. The second-order valence-corrected chi connectivity index (χ2v) is 7.48. The van der Waals surface area contributed by atoms with Gasteiger partial charge in [0.1, 0.15) is 0 Å². The van der Waals surface area contributed by atoms with Crippen LogP contribution in [0.5, 0.6) is 0 Å². The summed E-state index contributed by atoms with van der Waals surface area (Å²) in [5.41, 5.74) is 0. The summed E-state index contributed by atoms with van der Waals surface area (Å²) >= 11 is 0. The Bertz CT molecular complexity index is 366. The van der Waals surface area contributed by atoms with Gasteiger partial charge in [-0.3, -0.25) is 4.79 Å². The largest absolute Gasteiger partial charge is 0.352 e. The van der Waals surface area contributed by atoms with E-state index < -0.39 is 0 Å². The zero-order valence-corrected chi connectivity index (χ0v) is 11.8. The minimum Gasteiger partial charge on any atom is -0.352 e. The molecule has 0 unspecified atom stereocenters. The van der Waals surface area contributed by atoms with Crippen LogP contribution in [0.2, 0.25) is 0 Å². The Balaban J connectivity index is 1.26. The molecule has 0 radical (unpaired) electrons. The van der Waals surface area contributed by atoms with E-state index in [1.807, 2.05) is 0 Å². The molecule has 1 N–H and O–H groups in total. The van der Waals surface area contributed by atoms with Gasteiger partial charge >= 0.3 is 0 Å². The molecule has 4 aliphatic rings. The van der Waals surface area contributed by atoms with E-state index in [-0.39, 0.29) is 0 Å². The van der Waals surface area contributed by atoms with Gasteiger partial charge in [-0.05, 0) is 56.3 Å². The first-order chi connectivity index (χ1) is 9.28. The maximum atomic E-state index is 12.4. The smallest absolute Gasteiger partial charge is 0.223 e. The average molecular weight is 262 g/mol. The lowest BCUT2D eigenvalue weighted by atomic mass is 9.88. The number of likely N-dealkylation sites (tertiary alicyclic amines) is 1. The van der Waals surface area contributed by atoms with Crippen molar-refractivity contribution >= 4 is 5.91 Å². The molecule has 4 atom stereocenters. The molecule has 19 heavy (non-hydrogen) atoms. The Morgan fingerprint density at radius 3 is 2.68 bits per heavy atom. The Kier molecular flexibility index (Phi) is 3.06. The minimum absolute atomic E-state index is 0.358. The molecule has 4 rings (SSSR count). The fourth-order valence-electron chi connectivity index (χ4n) is 4.66. The summed E-state index contributed by atoms with van der Waals surface area (Å²) < 4.78 is 0. The first-order valence-corrected chi connectivity index (χ1v) is 8.30. The Morgan fingerprint density at radius 1 is 1.11 bits per heavy atom. The maximum absolute atomic E-state index is 12.4. The van der Waals surface area contributed by atoms with Crippen LogP contribution >= 0.6 is 0 Å². The van der Waals surface area contributed by atoms with Crippen LogP contribution in [0.25, 0.3) is 0 Å². The van der Waals surface area contributed by atoms with Crippen LogP contribution in [-0.2, 0) is 4.79 Å². The van der Waals surface area contributed by atoms with Crippen molar-refractivity contribution in [2.24, 2.45) is 23.7 Å². The molecule has 2 bridgehead atoms. The number of hydrogen-bond donors (Lipinski definition) is 1. The SMILES string of the molecule is O=C(N[C@H]1CCN(CC2CC2)C1)[C@H]1C[C@H]2CC[C@H]1C2. The van der Waals surface area contributed by atoms with Crippen LogP contribution in [0.3, 0.4) is 0 Å². The minimum atomic E-state index is 0.358. The highest BCUT2D eigenvalue weighted by Gasteiger charge is 2.43. The van der Waals surface area contributed by atoms with Crippen LogP contribution in [0.4, 0.5) is 0 Å². The molecular formula is C16H26N2O. The van der Waals surface area contributed by atoms with Gasteiger partial charge in [-0.25, -0.2) is 0 Å². The second kappa shape index (κ2) is 4.76. The summed E-state index contributed by atoms with van der Waals surface area (Å²) in [5, 5.41) is 3.35. The number of rotatable bonds is 4. The van der Waals surface area contributed by atoms with Crippen molar-refractivity contribution in [1.82, 2.24) is 10.2 Å². The molecule has 3 nitrogen and oxygen atoms in total. The fourth-order valence-corrected chi connectivity index (χ4v) is 4.66. The molecule has 4 fully saturated rings. The van der Waals surface area contributed by atoms with Crippen molar-refractivity contribution in [3.8, 4) is 0 Å². The van der Waals surface area contributed by atoms with Crippen molar-refractivity contribution in [3.05, 3.63) is 0 Å². The van der Waals surface area contributed by atoms with E-state index in [4.69, 9.17) is 0 Å². The Hall–Kier alpha value is -0.570. The van der Waals surface area contributed by atoms with Crippen molar-refractivity contribution in [3.63, 3.8) is 0 Å². The predicted molar refractivity (Wildman–Crippen MR) is 74.6 cm³/mol. The molecule has 0 spiro atoms. The molecule has 3 heteroatoms. The zero-order valence-electron chi connectivity index (χ0n) is 11.8. The topological polar surface area (TPSA) is 32.3 Å². The standard InChI is InChI=1S/C16H26N2O/c19-16(15-8-12-3-4-13(15)7-12)17-14-5-6-18(10-14)9-11-1-2-11/h11-15H,1-10H2,(H,17,19)/t12-,13-,14-,15-/m0/s1.